The predicted octanol–water partition coefficient (Wildman–Crippen LogP) is 2.71. The van der Waals surface area contributed by atoms with Gasteiger partial charge in [0.05, 0.1) is 0 Å². The Balaban J connectivity index is 1.80. The van der Waals surface area contributed by atoms with Gasteiger partial charge in [0.15, 0.2) is 0 Å². The van der Waals surface area contributed by atoms with Crippen LogP contribution in [-0.4, -0.2) is 61.7 Å². The molecule has 2 rings (SSSR count). The Morgan fingerprint density at radius 2 is 1.80 bits per heavy atom. The minimum Gasteiger partial charge on any atom is -0.312 e. The van der Waals surface area contributed by atoms with E-state index in [0.29, 0.717) is 0 Å². The normalized spacial score (nSPS) is 28.9. The third kappa shape index (κ3) is 5.01. The van der Waals surface area contributed by atoms with E-state index in [0.717, 1.165) is 12.1 Å². The maximum absolute atomic E-state index is 3.81. The van der Waals surface area contributed by atoms with E-state index < -0.39 is 0 Å². The van der Waals surface area contributed by atoms with Gasteiger partial charge in [0.1, 0.15) is 0 Å². The second-order valence-corrected chi connectivity index (χ2v) is 6.80. The van der Waals surface area contributed by atoms with Crippen LogP contribution in [0.15, 0.2) is 0 Å². The Morgan fingerprint density at radius 1 is 1.05 bits per heavy atom. The van der Waals surface area contributed by atoms with Crippen molar-refractivity contribution in [3.63, 3.8) is 0 Å². The Bertz CT molecular complexity index is 251. The van der Waals surface area contributed by atoms with E-state index in [9.17, 15) is 0 Å². The van der Waals surface area contributed by atoms with Gasteiger partial charge >= 0.3 is 0 Å². The number of hydrogen-bond donors (Lipinski definition) is 1. The SMILES string of the molecule is CCCNC1CCCCCC1N(C)CCN1CCCC1. The fourth-order valence-electron chi connectivity index (χ4n) is 3.85. The van der Waals surface area contributed by atoms with Gasteiger partial charge in [-0.2, -0.15) is 0 Å². The van der Waals surface area contributed by atoms with Crippen LogP contribution in [0.5, 0.6) is 0 Å². The molecule has 0 bridgehead atoms. The van der Waals surface area contributed by atoms with E-state index in [1.807, 2.05) is 0 Å². The number of hydrogen-bond acceptors (Lipinski definition) is 3. The highest BCUT2D eigenvalue weighted by molar-refractivity contribution is 4.86. The van der Waals surface area contributed by atoms with Crippen LogP contribution in [0.3, 0.4) is 0 Å². The van der Waals surface area contributed by atoms with Crippen molar-refractivity contribution in [3.05, 3.63) is 0 Å². The van der Waals surface area contributed by atoms with E-state index in [4.69, 9.17) is 0 Å². The van der Waals surface area contributed by atoms with Gasteiger partial charge in [0.2, 0.25) is 0 Å². The highest BCUT2D eigenvalue weighted by Crippen LogP contribution is 2.22. The molecule has 2 aliphatic rings. The van der Waals surface area contributed by atoms with Crippen molar-refractivity contribution in [3.8, 4) is 0 Å². The molecule has 3 heteroatoms. The van der Waals surface area contributed by atoms with Crippen LogP contribution < -0.4 is 5.32 Å². The first-order valence-corrected chi connectivity index (χ1v) is 8.97. The maximum atomic E-state index is 3.81. The standard InChI is InChI=1S/C17H35N3/c1-3-11-18-16-9-5-4-6-10-17(16)19(2)14-15-20-12-7-8-13-20/h16-18H,3-15H2,1-2H3. The second-order valence-electron chi connectivity index (χ2n) is 6.80. The molecule has 1 N–H and O–H groups in total. The van der Waals surface area contributed by atoms with Gasteiger partial charge in [-0.25, -0.2) is 0 Å². The first-order chi connectivity index (χ1) is 9.81. The van der Waals surface area contributed by atoms with Gasteiger partial charge in [-0.3, -0.25) is 0 Å². The first kappa shape index (κ1) is 16.3. The summed E-state index contributed by atoms with van der Waals surface area (Å²) in [4.78, 5) is 5.29. The molecule has 0 aromatic carbocycles. The largest absolute Gasteiger partial charge is 0.312 e. The zero-order valence-electron chi connectivity index (χ0n) is 13.7. The summed E-state index contributed by atoms with van der Waals surface area (Å²) in [5, 5.41) is 3.81. The van der Waals surface area contributed by atoms with Crippen molar-refractivity contribution >= 4 is 0 Å². The quantitative estimate of drug-likeness (QED) is 0.724. The molecule has 3 nitrogen and oxygen atoms in total. The van der Waals surface area contributed by atoms with Gasteiger partial charge < -0.3 is 15.1 Å². The van der Waals surface area contributed by atoms with Crippen LogP contribution in [0.4, 0.5) is 0 Å². The first-order valence-electron chi connectivity index (χ1n) is 8.97. The summed E-state index contributed by atoms with van der Waals surface area (Å²) >= 11 is 0. The van der Waals surface area contributed by atoms with E-state index in [-0.39, 0.29) is 0 Å². The average Bonchev–Trinajstić information content (AvgIpc) is 2.87. The molecule has 1 aliphatic heterocycles. The van der Waals surface area contributed by atoms with Crippen molar-refractivity contribution < 1.29 is 0 Å². The minimum atomic E-state index is 0.723. The lowest BCUT2D eigenvalue weighted by Gasteiger charge is -2.35. The lowest BCUT2D eigenvalue weighted by molar-refractivity contribution is 0.162. The molecule has 118 valence electrons. The lowest BCUT2D eigenvalue weighted by Crippen LogP contribution is -2.50. The molecule has 1 saturated heterocycles. The highest BCUT2D eigenvalue weighted by Gasteiger charge is 2.26. The molecule has 1 heterocycles. The monoisotopic (exact) mass is 281 g/mol. The molecule has 1 aliphatic carbocycles. The zero-order valence-corrected chi connectivity index (χ0v) is 13.7. The van der Waals surface area contributed by atoms with Crippen molar-refractivity contribution in [2.45, 2.75) is 70.4 Å². The van der Waals surface area contributed by atoms with E-state index >= 15 is 0 Å². The summed E-state index contributed by atoms with van der Waals surface area (Å²) in [7, 11) is 2.35. The van der Waals surface area contributed by atoms with Gasteiger partial charge in [-0.1, -0.05) is 26.2 Å². The van der Waals surface area contributed by atoms with Crippen LogP contribution in [-0.2, 0) is 0 Å². The Hall–Kier alpha value is -0.120. The Kier molecular flexibility index (Phi) is 7.32. The summed E-state index contributed by atoms with van der Waals surface area (Å²) in [6.45, 7) is 8.63. The summed E-state index contributed by atoms with van der Waals surface area (Å²) in [5.41, 5.74) is 0. The third-order valence-corrected chi connectivity index (χ3v) is 5.17. The smallest absolute Gasteiger partial charge is 0.0246 e. The molecule has 0 aromatic rings. The van der Waals surface area contributed by atoms with Crippen LogP contribution >= 0.6 is 0 Å². The van der Waals surface area contributed by atoms with Crippen molar-refractivity contribution in [1.82, 2.24) is 15.1 Å². The minimum absolute atomic E-state index is 0.723. The number of likely N-dealkylation sites (tertiary alicyclic amines) is 1. The van der Waals surface area contributed by atoms with Crippen LogP contribution in [0.2, 0.25) is 0 Å². The molecule has 20 heavy (non-hydrogen) atoms. The van der Waals surface area contributed by atoms with Crippen molar-refractivity contribution in [1.29, 1.82) is 0 Å². The zero-order chi connectivity index (χ0) is 14.2. The molecule has 2 fully saturated rings. The lowest BCUT2D eigenvalue weighted by atomic mass is 10.0. The number of likely N-dealkylation sites (N-methyl/N-ethyl adjacent to an activating group) is 1. The molecule has 2 atom stereocenters. The topological polar surface area (TPSA) is 18.5 Å². The number of rotatable bonds is 7. The fourth-order valence-corrected chi connectivity index (χ4v) is 3.85. The second kappa shape index (κ2) is 9.01. The molecule has 0 spiro atoms. The molecule has 0 radical (unpaired) electrons. The summed E-state index contributed by atoms with van der Waals surface area (Å²) in [6, 6.07) is 1.48. The van der Waals surface area contributed by atoms with Crippen LogP contribution in [0, 0.1) is 0 Å². The molecule has 1 saturated carbocycles. The van der Waals surface area contributed by atoms with E-state index in [1.54, 1.807) is 0 Å². The van der Waals surface area contributed by atoms with Gasteiger partial charge in [-0.15, -0.1) is 0 Å². The number of nitrogens with zero attached hydrogens (tertiary/aromatic N) is 2. The summed E-state index contributed by atoms with van der Waals surface area (Å²) < 4.78 is 0. The van der Waals surface area contributed by atoms with Crippen LogP contribution in [0.25, 0.3) is 0 Å². The Morgan fingerprint density at radius 3 is 2.55 bits per heavy atom. The average molecular weight is 281 g/mol. The summed E-state index contributed by atoms with van der Waals surface area (Å²) in [6.07, 6.45) is 11.1. The highest BCUT2D eigenvalue weighted by atomic mass is 15.2. The van der Waals surface area contributed by atoms with E-state index in [1.165, 1.54) is 84.1 Å². The van der Waals surface area contributed by atoms with Crippen molar-refractivity contribution in [2.75, 3.05) is 39.8 Å². The molecule has 2 unspecified atom stereocenters. The van der Waals surface area contributed by atoms with Gasteiger partial charge in [-0.05, 0) is 58.8 Å². The molecular weight excluding hydrogens is 246 g/mol. The Labute approximate surface area is 126 Å². The number of nitrogens with one attached hydrogen (secondary N) is 1. The maximum Gasteiger partial charge on any atom is 0.0246 e. The van der Waals surface area contributed by atoms with Crippen molar-refractivity contribution in [2.24, 2.45) is 0 Å². The fraction of sp³-hybridized carbons (Fsp3) is 1.00. The predicted molar refractivity (Wildman–Crippen MR) is 87.3 cm³/mol. The van der Waals surface area contributed by atoms with Gasteiger partial charge in [0.25, 0.3) is 0 Å². The molecule has 0 aromatic heterocycles. The van der Waals surface area contributed by atoms with Crippen LogP contribution in [0.1, 0.15) is 58.3 Å². The molecular formula is C17H35N3. The van der Waals surface area contributed by atoms with E-state index in [2.05, 4.69) is 29.1 Å². The van der Waals surface area contributed by atoms with Gasteiger partial charge in [0, 0.05) is 25.2 Å². The third-order valence-electron chi connectivity index (χ3n) is 5.17. The molecule has 0 amide bonds. The summed E-state index contributed by atoms with van der Waals surface area (Å²) in [5.74, 6) is 0.